The van der Waals surface area contributed by atoms with Crippen LogP contribution in [0.2, 0.25) is 0 Å². The second kappa shape index (κ2) is 4.31. The minimum absolute atomic E-state index is 0. The molecule has 0 spiro atoms. The van der Waals surface area contributed by atoms with Crippen molar-refractivity contribution in [1.82, 2.24) is 4.98 Å². The van der Waals surface area contributed by atoms with Gasteiger partial charge in [0.1, 0.15) is 4.60 Å². The van der Waals surface area contributed by atoms with Crippen molar-refractivity contribution in [2.45, 2.75) is 0 Å². The van der Waals surface area contributed by atoms with Crippen molar-refractivity contribution in [1.29, 1.82) is 0 Å². The summed E-state index contributed by atoms with van der Waals surface area (Å²) in [4.78, 5) is 14.1. The molecule has 0 saturated carbocycles. The number of nitrogens with zero attached hydrogens (tertiary/aromatic N) is 1. The van der Waals surface area contributed by atoms with Gasteiger partial charge >= 0.3 is 5.97 Å². The van der Waals surface area contributed by atoms with Crippen LogP contribution in [0.4, 0.5) is 0 Å². The molecule has 0 aliphatic rings. The molecule has 1 N–H and O–H groups in total. The fraction of sp³-hybridized carbons (Fsp3) is 0. The number of rotatable bonds is 1. The summed E-state index contributed by atoms with van der Waals surface area (Å²) in [6, 6.07) is 2.88. The summed E-state index contributed by atoms with van der Waals surface area (Å²) in [6.45, 7) is 0. The van der Waals surface area contributed by atoms with E-state index in [0.717, 1.165) is 0 Å². The van der Waals surface area contributed by atoms with E-state index in [4.69, 9.17) is 5.11 Å². The van der Waals surface area contributed by atoms with Crippen molar-refractivity contribution in [2.24, 2.45) is 0 Å². The van der Waals surface area contributed by atoms with E-state index in [2.05, 4.69) is 20.9 Å². The van der Waals surface area contributed by atoms with Crippen LogP contribution in [-0.4, -0.2) is 16.1 Å². The molecule has 0 amide bonds. The Morgan fingerprint density at radius 3 is 2.64 bits per heavy atom. The summed E-state index contributed by atoms with van der Waals surface area (Å²) in [5.41, 5.74) is 0.238. The molecule has 0 aromatic carbocycles. The SMILES string of the molecule is Cl.O=C(O)c1ccnc(Br)c1. The first kappa shape index (κ1) is 10.4. The van der Waals surface area contributed by atoms with E-state index in [1.165, 1.54) is 18.3 Å². The number of hydrogen-bond donors (Lipinski definition) is 1. The molecule has 5 heteroatoms. The lowest BCUT2D eigenvalue weighted by Crippen LogP contribution is -1.95. The van der Waals surface area contributed by atoms with E-state index >= 15 is 0 Å². The first-order valence-electron chi connectivity index (χ1n) is 2.55. The lowest BCUT2D eigenvalue weighted by atomic mass is 10.3. The first-order chi connectivity index (χ1) is 4.70. The first-order valence-corrected chi connectivity index (χ1v) is 3.34. The lowest BCUT2D eigenvalue weighted by molar-refractivity contribution is 0.0696. The van der Waals surface area contributed by atoms with Crippen LogP contribution in [-0.2, 0) is 0 Å². The molecule has 0 bridgehead atoms. The predicted octanol–water partition coefficient (Wildman–Crippen LogP) is 1.96. The van der Waals surface area contributed by atoms with Gasteiger partial charge in [-0.2, -0.15) is 0 Å². The van der Waals surface area contributed by atoms with Crippen molar-refractivity contribution < 1.29 is 9.90 Å². The van der Waals surface area contributed by atoms with Crippen LogP contribution < -0.4 is 0 Å². The van der Waals surface area contributed by atoms with E-state index in [-0.39, 0.29) is 18.0 Å². The smallest absolute Gasteiger partial charge is 0.335 e. The van der Waals surface area contributed by atoms with Gasteiger partial charge in [0.15, 0.2) is 0 Å². The normalized spacial score (nSPS) is 8.45. The largest absolute Gasteiger partial charge is 0.478 e. The van der Waals surface area contributed by atoms with Gasteiger partial charge in [0.25, 0.3) is 0 Å². The highest BCUT2D eigenvalue weighted by Crippen LogP contribution is 2.07. The third kappa shape index (κ3) is 2.86. The minimum Gasteiger partial charge on any atom is -0.478 e. The Bertz CT molecular complexity index is 267. The lowest BCUT2D eigenvalue weighted by Gasteiger charge is -1.91. The van der Waals surface area contributed by atoms with Gasteiger partial charge in [0, 0.05) is 6.20 Å². The van der Waals surface area contributed by atoms with Crippen LogP contribution in [0, 0.1) is 0 Å². The highest BCUT2D eigenvalue weighted by molar-refractivity contribution is 9.10. The third-order valence-electron chi connectivity index (χ3n) is 0.974. The van der Waals surface area contributed by atoms with Crippen molar-refractivity contribution in [3.8, 4) is 0 Å². The van der Waals surface area contributed by atoms with E-state index < -0.39 is 5.97 Å². The number of hydrogen-bond acceptors (Lipinski definition) is 2. The molecule has 1 heterocycles. The van der Waals surface area contributed by atoms with Crippen LogP contribution in [0.3, 0.4) is 0 Å². The highest BCUT2D eigenvalue weighted by atomic mass is 79.9. The second-order valence-electron chi connectivity index (χ2n) is 1.67. The average Bonchev–Trinajstić information content (AvgIpc) is 1.88. The Kier molecular flexibility index (Phi) is 4.07. The quantitative estimate of drug-likeness (QED) is 0.761. The standard InChI is InChI=1S/C6H4BrNO2.ClH/c7-5-3-4(6(9)10)1-2-8-5;/h1-3H,(H,9,10);1H. The molecule has 11 heavy (non-hydrogen) atoms. The van der Waals surface area contributed by atoms with Gasteiger partial charge < -0.3 is 5.11 Å². The molecule has 0 unspecified atom stereocenters. The molecule has 1 rings (SSSR count). The Morgan fingerprint density at radius 2 is 2.27 bits per heavy atom. The summed E-state index contributed by atoms with van der Waals surface area (Å²) in [7, 11) is 0. The predicted molar refractivity (Wildman–Crippen MR) is 46.1 cm³/mol. The van der Waals surface area contributed by atoms with Crippen LogP contribution in [0.1, 0.15) is 10.4 Å². The van der Waals surface area contributed by atoms with Gasteiger partial charge in [0.2, 0.25) is 0 Å². The molecule has 0 aliphatic carbocycles. The zero-order valence-corrected chi connectivity index (χ0v) is 7.72. The van der Waals surface area contributed by atoms with E-state index in [9.17, 15) is 4.79 Å². The van der Waals surface area contributed by atoms with Gasteiger partial charge in [-0.05, 0) is 28.1 Å². The highest BCUT2D eigenvalue weighted by Gasteiger charge is 2.00. The molecule has 0 radical (unpaired) electrons. The summed E-state index contributed by atoms with van der Waals surface area (Å²) in [6.07, 6.45) is 1.44. The molecular formula is C6H5BrClNO2. The van der Waals surface area contributed by atoms with Gasteiger partial charge in [0.05, 0.1) is 5.56 Å². The Morgan fingerprint density at radius 1 is 1.64 bits per heavy atom. The van der Waals surface area contributed by atoms with Crippen LogP contribution in [0.25, 0.3) is 0 Å². The van der Waals surface area contributed by atoms with Crippen LogP contribution in [0.5, 0.6) is 0 Å². The zero-order valence-electron chi connectivity index (χ0n) is 5.32. The summed E-state index contributed by atoms with van der Waals surface area (Å²) < 4.78 is 0.535. The molecule has 3 nitrogen and oxygen atoms in total. The van der Waals surface area contributed by atoms with Gasteiger partial charge in [-0.15, -0.1) is 12.4 Å². The number of carboxylic acid groups (broad SMARTS) is 1. The van der Waals surface area contributed by atoms with E-state index in [0.29, 0.717) is 4.60 Å². The molecule has 1 aromatic heterocycles. The average molecular weight is 238 g/mol. The van der Waals surface area contributed by atoms with E-state index in [1.54, 1.807) is 0 Å². The van der Waals surface area contributed by atoms with Crippen molar-refractivity contribution in [3.63, 3.8) is 0 Å². The Hall–Kier alpha value is -0.610. The molecule has 0 atom stereocenters. The number of pyridine rings is 1. The third-order valence-corrected chi connectivity index (χ3v) is 1.41. The Balaban J connectivity index is 0.000001000. The van der Waals surface area contributed by atoms with Crippen molar-refractivity contribution in [2.75, 3.05) is 0 Å². The topological polar surface area (TPSA) is 50.2 Å². The number of aromatic nitrogens is 1. The van der Waals surface area contributed by atoms with Crippen molar-refractivity contribution in [3.05, 3.63) is 28.5 Å². The molecule has 0 saturated heterocycles. The van der Waals surface area contributed by atoms with Crippen molar-refractivity contribution >= 4 is 34.3 Å². The van der Waals surface area contributed by atoms with E-state index in [1.807, 2.05) is 0 Å². The minimum atomic E-state index is -0.942. The number of aromatic carboxylic acids is 1. The van der Waals surface area contributed by atoms with Crippen LogP contribution >= 0.6 is 28.3 Å². The molecule has 0 fully saturated rings. The second-order valence-corrected chi connectivity index (χ2v) is 2.48. The van der Waals surface area contributed by atoms with Crippen LogP contribution in [0.15, 0.2) is 22.9 Å². The van der Waals surface area contributed by atoms with Gasteiger partial charge in [-0.1, -0.05) is 0 Å². The zero-order chi connectivity index (χ0) is 7.56. The molecular weight excluding hydrogens is 233 g/mol. The summed E-state index contributed by atoms with van der Waals surface area (Å²) in [5.74, 6) is -0.942. The molecule has 0 aliphatic heterocycles. The maximum absolute atomic E-state index is 10.3. The molecule has 1 aromatic rings. The fourth-order valence-electron chi connectivity index (χ4n) is 0.535. The molecule has 60 valence electrons. The fourth-order valence-corrected chi connectivity index (χ4v) is 0.900. The monoisotopic (exact) mass is 237 g/mol. The maximum Gasteiger partial charge on any atom is 0.335 e. The summed E-state index contributed by atoms with van der Waals surface area (Å²) in [5, 5.41) is 8.46. The number of halogens is 2. The van der Waals surface area contributed by atoms with Gasteiger partial charge in [-0.3, -0.25) is 0 Å². The summed E-state index contributed by atoms with van der Waals surface area (Å²) >= 11 is 3.06. The Labute approximate surface area is 78.0 Å². The number of carbonyl (C=O) groups is 1. The maximum atomic E-state index is 10.3. The number of carboxylic acids is 1. The van der Waals surface area contributed by atoms with Gasteiger partial charge in [-0.25, -0.2) is 9.78 Å².